The molecule has 0 aliphatic heterocycles. The Hall–Kier alpha value is -17.5. The van der Waals surface area contributed by atoms with Crippen molar-refractivity contribution < 1.29 is 17.7 Å². The SMILES string of the molecule is c1cc2ccc3ccc(-n4c5ccccc5c5cc6ccc7oc8ccccc8c7c6cc54)c4ccc(c1)c2c34.c1ccc(-n2c3ccccc3c3cc4ccc5c6cc(-c7ccc8c(c7)c7cc9ccc%10c%11ccccc%11oc%10c9cc7n8-c7ccccc7)ccc6oc5c4cc32)cc1.c1ccc(-n2c3ccccc3c3cc4ccc5oc6ccccc6c5c4cc32)cc1. The zero-order valence-electron chi connectivity index (χ0n) is 69.8. The molecule has 0 spiro atoms. The number of benzene rings is 23. The predicted molar refractivity (Wildman–Crippen MR) is 545 cm³/mol. The number of rotatable bonds is 5. The topological polar surface area (TPSA) is 72.3 Å². The van der Waals surface area contributed by atoms with Crippen LogP contribution in [0.1, 0.15) is 0 Å². The van der Waals surface area contributed by atoms with Gasteiger partial charge in [0.05, 0.1) is 49.8 Å². The largest absolute Gasteiger partial charge is 0.456 e. The highest BCUT2D eigenvalue weighted by atomic mass is 16.3. The van der Waals surface area contributed by atoms with E-state index < -0.39 is 0 Å². The summed E-state index contributed by atoms with van der Waals surface area (Å²) in [5.74, 6) is 0. The van der Waals surface area contributed by atoms with Crippen LogP contribution in [0.3, 0.4) is 0 Å². The average molecular weight is 1660 g/mol. The minimum Gasteiger partial charge on any atom is -0.456 e. The van der Waals surface area contributed by atoms with Crippen molar-refractivity contribution in [2.45, 2.75) is 0 Å². The van der Waals surface area contributed by atoms with Gasteiger partial charge in [-0.05, 0) is 246 Å². The first-order valence-electron chi connectivity index (χ1n) is 44.5. The molecule has 23 aromatic carbocycles. The van der Waals surface area contributed by atoms with Gasteiger partial charge in [0.2, 0.25) is 0 Å². The summed E-state index contributed by atoms with van der Waals surface area (Å²) in [7, 11) is 0. The highest BCUT2D eigenvalue weighted by molar-refractivity contribution is 6.30. The lowest BCUT2D eigenvalue weighted by Gasteiger charge is -2.16. The summed E-state index contributed by atoms with van der Waals surface area (Å²) in [6, 6.07) is 153. The lowest BCUT2D eigenvalue weighted by atomic mass is 9.93. The fourth-order valence-corrected chi connectivity index (χ4v) is 22.2. The molecule has 0 fully saturated rings. The number of aromatic nitrogens is 4. The molecule has 0 N–H and O–H groups in total. The first kappa shape index (κ1) is 70.9. The second-order valence-electron chi connectivity index (χ2n) is 34.8. The first-order valence-corrected chi connectivity index (χ1v) is 44.5. The second-order valence-corrected chi connectivity index (χ2v) is 34.8. The maximum absolute atomic E-state index is 6.78. The van der Waals surface area contributed by atoms with E-state index in [1.807, 2.05) is 24.3 Å². The molecular weight excluding hydrogens is 1590 g/mol. The smallest absolute Gasteiger partial charge is 0.143 e. The lowest BCUT2D eigenvalue weighted by molar-refractivity contribution is 0.669. The lowest BCUT2D eigenvalue weighted by Crippen LogP contribution is -1.96. The van der Waals surface area contributed by atoms with Crippen LogP contribution in [0.2, 0.25) is 0 Å². The number of hydrogen-bond acceptors (Lipinski definition) is 4. The monoisotopic (exact) mass is 1650 g/mol. The third kappa shape index (κ3) is 10.3. The van der Waals surface area contributed by atoms with Crippen molar-refractivity contribution in [2.24, 2.45) is 0 Å². The molecule has 602 valence electrons. The van der Waals surface area contributed by atoms with Gasteiger partial charge in [-0.1, -0.05) is 249 Å². The Balaban J connectivity index is 0.000000103. The van der Waals surface area contributed by atoms with Crippen LogP contribution < -0.4 is 0 Å². The molecule has 8 heteroatoms. The Morgan fingerprint density at radius 2 is 0.469 bits per heavy atom. The fourth-order valence-electron chi connectivity index (χ4n) is 22.2. The molecule has 8 heterocycles. The Labute approximate surface area is 739 Å². The van der Waals surface area contributed by atoms with E-state index >= 15 is 0 Å². The van der Waals surface area contributed by atoms with Crippen LogP contribution in [0.4, 0.5) is 0 Å². The maximum atomic E-state index is 6.78. The molecule has 0 radical (unpaired) electrons. The molecular formula is C122H70N4O4. The van der Waals surface area contributed by atoms with Gasteiger partial charge in [-0.3, -0.25) is 0 Å². The average Bonchev–Trinajstić information content (AvgIpc) is 1.62. The summed E-state index contributed by atoms with van der Waals surface area (Å²) in [6.45, 7) is 0. The molecule has 0 unspecified atom stereocenters. The van der Waals surface area contributed by atoms with Gasteiger partial charge in [-0.2, -0.15) is 0 Å². The van der Waals surface area contributed by atoms with Crippen molar-refractivity contribution >= 4 is 250 Å². The van der Waals surface area contributed by atoms with E-state index in [1.54, 1.807) is 0 Å². The highest BCUT2D eigenvalue weighted by Gasteiger charge is 2.25. The van der Waals surface area contributed by atoms with Crippen molar-refractivity contribution in [1.82, 2.24) is 18.3 Å². The van der Waals surface area contributed by atoms with Crippen molar-refractivity contribution in [1.29, 1.82) is 0 Å². The maximum Gasteiger partial charge on any atom is 0.143 e. The first-order chi connectivity index (χ1) is 64.4. The molecule has 31 aromatic rings. The molecule has 0 saturated carbocycles. The molecule has 31 rings (SSSR count). The van der Waals surface area contributed by atoms with Gasteiger partial charge < -0.3 is 35.9 Å². The van der Waals surface area contributed by atoms with Gasteiger partial charge >= 0.3 is 0 Å². The van der Waals surface area contributed by atoms with Crippen molar-refractivity contribution in [3.05, 3.63) is 425 Å². The van der Waals surface area contributed by atoms with Crippen molar-refractivity contribution in [3.63, 3.8) is 0 Å². The molecule has 0 atom stereocenters. The molecule has 0 aliphatic carbocycles. The quantitative estimate of drug-likeness (QED) is 0.161. The second kappa shape index (κ2) is 27.0. The van der Waals surface area contributed by atoms with E-state index in [9.17, 15) is 0 Å². The van der Waals surface area contributed by atoms with Crippen molar-refractivity contribution in [2.75, 3.05) is 0 Å². The van der Waals surface area contributed by atoms with Gasteiger partial charge in [0.1, 0.15) is 44.7 Å². The third-order valence-electron chi connectivity index (χ3n) is 27.9. The molecule has 130 heavy (non-hydrogen) atoms. The zero-order valence-corrected chi connectivity index (χ0v) is 69.8. The number of furan rings is 4. The number of nitrogens with zero attached hydrogens (tertiary/aromatic N) is 4. The van der Waals surface area contributed by atoms with Crippen LogP contribution in [0.15, 0.2) is 442 Å². The van der Waals surface area contributed by atoms with Crippen LogP contribution in [0, 0.1) is 0 Å². The number of para-hydroxylation sites is 9. The van der Waals surface area contributed by atoms with Gasteiger partial charge in [-0.15, -0.1) is 0 Å². The van der Waals surface area contributed by atoms with Gasteiger partial charge in [0.25, 0.3) is 0 Å². The Morgan fingerprint density at radius 1 is 0.138 bits per heavy atom. The molecule has 0 amide bonds. The van der Waals surface area contributed by atoms with Crippen LogP contribution >= 0.6 is 0 Å². The molecule has 8 aromatic heterocycles. The Kier molecular flexibility index (Phi) is 14.7. The van der Waals surface area contributed by atoms with E-state index in [2.05, 4.69) is 419 Å². The standard InChI is InChI=1S/C56H32N2O2.C38H21NO.C28H17NO/c1-3-11-37(12-4-1)57-49-17-9-7-15-39(49)45-29-35-20-24-42-48-28-34(22-26-54(48)60-56(42)44(35)31-51(45)57)33-21-25-50-46(27-33)47-30-36-19-23-41-40-16-8-10-18-53(40)59-55(41)43(36)32-52(47)58(50)38-13-5-2-6-14-38;1-3-10-31-26(8-1)30-20-25-16-19-35-38(28-9-2-4-11-34(28)40-35)29(25)21-33(30)39(31)32-18-15-24-13-12-22-6-5-7-23-14-17-27(32)37(24)36(22)23;1-2-8-19(9-3-1)29-24-12-6-4-10-20(24)23-16-18-14-15-27-28(22(18)17-25(23)29)21-11-5-7-13-26(21)30-27/h1-32H;1-21H;1-17H. The molecule has 0 saturated heterocycles. The fraction of sp³-hybridized carbons (Fsp3) is 0. The minimum atomic E-state index is 0.884. The van der Waals surface area contributed by atoms with E-state index in [-0.39, 0.29) is 0 Å². The molecule has 8 nitrogen and oxygen atoms in total. The minimum absolute atomic E-state index is 0.884. The summed E-state index contributed by atoms with van der Waals surface area (Å²) in [5.41, 5.74) is 23.9. The van der Waals surface area contributed by atoms with E-state index in [0.29, 0.717) is 0 Å². The van der Waals surface area contributed by atoms with Crippen LogP contribution in [0.5, 0.6) is 0 Å². The summed E-state index contributed by atoms with van der Waals surface area (Å²) in [5, 5.41) is 36.4. The van der Waals surface area contributed by atoms with Crippen LogP contribution in [-0.4, -0.2) is 18.3 Å². The summed E-state index contributed by atoms with van der Waals surface area (Å²) in [4.78, 5) is 0. The van der Waals surface area contributed by atoms with Gasteiger partial charge in [0.15, 0.2) is 0 Å². The van der Waals surface area contributed by atoms with Gasteiger partial charge in [0, 0.05) is 119 Å². The van der Waals surface area contributed by atoms with E-state index in [4.69, 9.17) is 17.7 Å². The third-order valence-corrected chi connectivity index (χ3v) is 27.9. The Morgan fingerprint density at radius 3 is 0.985 bits per heavy atom. The van der Waals surface area contributed by atoms with E-state index in [0.717, 1.165) is 121 Å². The molecule has 0 bridgehead atoms. The number of hydrogen-bond donors (Lipinski definition) is 0. The van der Waals surface area contributed by atoms with E-state index in [1.165, 1.54) is 163 Å². The summed E-state index contributed by atoms with van der Waals surface area (Å²) >= 11 is 0. The molecule has 0 aliphatic rings. The normalized spacial score (nSPS) is 12.3. The predicted octanol–water partition coefficient (Wildman–Crippen LogP) is 34.2. The van der Waals surface area contributed by atoms with Crippen LogP contribution in [-0.2, 0) is 0 Å². The van der Waals surface area contributed by atoms with Gasteiger partial charge in [-0.25, -0.2) is 0 Å². The van der Waals surface area contributed by atoms with Crippen LogP contribution in [0.25, 0.3) is 284 Å². The zero-order chi connectivity index (χ0) is 84.7. The highest BCUT2D eigenvalue weighted by Crippen LogP contribution is 2.49. The number of fused-ring (bicyclic) bond motifs is 32. The van der Waals surface area contributed by atoms with Crippen molar-refractivity contribution in [3.8, 4) is 33.9 Å². The summed E-state index contributed by atoms with van der Waals surface area (Å²) < 4.78 is 35.3. The Bertz CT molecular complexity index is 10300. The summed E-state index contributed by atoms with van der Waals surface area (Å²) in [6.07, 6.45) is 0.